The Morgan fingerprint density at radius 1 is 1.30 bits per heavy atom. The van der Waals surface area contributed by atoms with Crippen molar-refractivity contribution in [3.8, 4) is 0 Å². The van der Waals surface area contributed by atoms with Gasteiger partial charge < -0.3 is 0 Å². The predicted octanol–water partition coefficient (Wildman–Crippen LogP) is 2.82. The Morgan fingerprint density at radius 3 is 2.75 bits per heavy atom. The molecular weight excluding hydrogens is 272 g/mol. The zero-order valence-electron chi connectivity index (χ0n) is 11.8. The zero-order chi connectivity index (χ0) is 14.1. The van der Waals surface area contributed by atoms with E-state index >= 15 is 0 Å². The first kappa shape index (κ1) is 13.6. The minimum absolute atomic E-state index is 0.113. The Morgan fingerprint density at radius 2 is 2.10 bits per heavy atom. The molecule has 0 spiro atoms. The third-order valence-corrected chi connectivity index (χ3v) is 5.13. The Kier molecular flexibility index (Phi) is 3.78. The van der Waals surface area contributed by atoms with Gasteiger partial charge in [-0.25, -0.2) is 4.79 Å². The van der Waals surface area contributed by atoms with Gasteiger partial charge in [0.05, 0.1) is 5.52 Å². The highest BCUT2D eigenvalue weighted by Gasteiger charge is 2.21. The summed E-state index contributed by atoms with van der Waals surface area (Å²) in [6, 6.07) is 1.91. The largest absolute Gasteiger partial charge is 0.331 e. The first-order valence-electron chi connectivity index (χ1n) is 7.43. The van der Waals surface area contributed by atoms with Crippen LogP contribution in [-0.2, 0) is 13.1 Å². The van der Waals surface area contributed by atoms with Gasteiger partial charge in [-0.3, -0.25) is 13.9 Å². The molecule has 2 aromatic rings. The van der Waals surface area contributed by atoms with Crippen molar-refractivity contribution < 1.29 is 0 Å². The number of thiophene rings is 1. The quantitative estimate of drug-likeness (QED) is 0.850. The third-order valence-electron chi connectivity index (χ3n) is 4.24. The lowest BCUT2D eigenvalue weighted by molar-refractivity contribution is 0.273. The third kappa shape index (κ3) is 2.24. The molecule has 1 aliphatic carbocycles. The molecule has 4 nitrogen and oxygen atoms in total. The van der Waals surface area contributed by atoms with Crippen LogP contribution in [0.3, 0.4) is 0 Å². The van der Waals surface area contributed by atoms with E-state index in [4.69, 9.17) is 0 Å². The molecule has 0 bridgehead atoms. The molecule has 0 radical (unpaired) electrons. The van der Waals surface area contributed by atoms with Crippen LogP contribution in [0.5, 0.6) is 0 Å². The molecule has 1 saturated carbocycles. The van der Waals surface area contributed by atoms with E-state index in [0.717, 1.165) is 29.6 Å². The standard InChI is InChI=1S/C15H20N2O2S/c1-2-3-8-16-14(18)13-12(7-9-20-13)17(15(16)19)10-11-5-4-6-11/h7,9,11H,2-6,8,10H2,1H3. The molecule has 0 aromatic carbocycles. The van der Waals surface area contributed by atoms with Gasteiger partial charge in [-0.15, -0.1) is 11.3 Å². The molecule has 1 aliphatic rings. The van der Waals surface area contributed by atoms with Crippen molar-refractivity contribution in [1.82, 2.24) is 9.13 Å². The second-order valence-electron chi connectivity index (χ2n) is 5.64. The molecule has 0 unspecified atom stereocenters. The van der Waals surface area contributed by atoms with E-state index in [0.29, 0.717) is 12.5 Å². The molecule has 3 rings (SSSR count). The zero-order valence-corrected chi connectivity index (χ0v) is 12.6. The van der Waals surface area contributed by atoms with Crippen molar-refractivity contribution in [2.24, 2.45) is 5.92 Å². The fourth-order valence-electron chi connectivity index (χ4n) is 2.76. The van der Waals surface area contributed by atoms with Crippen LogP contribution in [0, 0.1) is 5.92 Å². The van der Waals surface area contributed by atoms with Crippen LogP contribution in [0.25, 0.3) is 10.2 Å². The van der Waals surface area contributed by atoms with Gasteiger partial charge >= 0.3 is 5.69 Å². The van der Waals surface area contributed by atoms with E-state index < -0.39 is 0 Å². The number of hydrogen-bond acceptors (Lipinski definition) is 3. The topological polar surface area (TPSA) is 44.0 Å². The highest BCUT2D eigenvalue weighted by Crippen LogP contribution is 2.28. The molecule has 0 saturated heterocycles. The number of aromatic nitrogens is 2. The molecule has 2 aromatic heterocycles. The molecule has 5 heteroatoms. The Hall–Kier alpha value is -1.36. The minimum atomic E-state index is -0.124. The van der Waals surface area contributed by atoms with Gasteiger partial charge in [-0.05, 0) is 36.6 Å². The smallest absolute Gasteiger partial charge is 0.292 e. The Balaban J connectivity index is 2.12. The summed E-state index contributed by atoms with van der Waals surface area (Å²) in [7, 11) is 0. The van der Waals surface area contributed by atoms with Crippen LogP contribution in [0.1, 0.15) is 39.0 Å². The Bertz CT molecular complexity index is 722. The number of nitrogens with zero attached hydrogens (tertiary/aromatic N) is 2. The second-order valence-corrected chi connectivity index (χ2v) is 6.55. The first-order chi connectivity index (χ1) is 9.72. The number of hydrogen-bond donors (Lipinski definition) is 0. The maximum atomic E-state index is 12.6. The van der Waals surface area contributed by atoms with Crippen molar-refractivity contribution in [2.45, 2.75) is 52.1 Å². The highest BCUT2D eigenvalue weighted by molar-refractivity contribution is 7.17. The van der Waals surface area contributed by atoms with Crippen LogP contribution in [0.4, 0.5) is 0 Å². The molecular formula is C15H20N2O2S. The average molecular weight is 292 g/mol. The van der Waals surface area contributed by atoms with Crippen LogP contribution in [-0.4, -0.2) is 9.13 Å². The Labute approximate surface area is 121 Å². The lowest BCUT2D eigenvalue weighted by Crippen LogP contribution is -2.41. The van der Waals surface area contributed by atoms with Crippen LogP contribution >= 0.6 is 11.3 Å². The molecule has 108 valence electrons. The van der Waals surface area contributed by atoms with Gasteiger partial charge in [0.15, 0.2) is 0 Å². The second kappa shape index (κ2) is 5.56. The normalized spacial score (nSPS) is 15.7. The summed E-state index contributed by atoms with van der Waals surface area (Å²) in [6.07, 6.45) is 5.52. The van der Waals surface area contributed by atoms with Crippen LogP contribution < -0.4 is 11.2 Å². The monoisotopic (exact) mass is 292 g/mol. The lowest BCUT2D eigenvalue weighted by Gasteiger charge is -2.26. The van der Waals surface area contributed by atoms with Gasteiger partial charge in [0.25, 0.3) is 5.56 Å². The van der Waals surface area contributed by atoms with Crippen molar-refractivity contribution in [3.63, 3.8) is 0 Å². The summed E-state index contributed by atoms with van der Waals surface area (Å²) in [5.74, 6) is 0.605. The SMILES string of the molecule is CCCCn1c(=O)c2sccc2n(CC2CCC2)c1=O. The summed E-state index contributed by atoms with van der Waals surface area (Å²) in [4.78, 5) is 25.0. The summed E-state index contributed by atoms with van der Waals surface area (Å²) >= 11 is 1.44. The van der Waals surface area contributed by atoms with E-state index in [-0.39, 0.29) is 11.2 Å². The van der Waals surface area contributed by atoms with Gasteiger partial charge in [0, 0.05) is 13.1 Å². The van der Waals surface area contributed by atoms with E-state index in [1.165, 1.54) is 35.2 Å². The van der Waals surface area contributed by atoms with Crippen molar-refractivity contribution in [2.75, 3.05) is 0 Å². The predicted molar refractivity (Wildman–Crippen MR) is 82.6 cm³/mol. The molecule has 1 fully saturated rings. The van der Waals surface area contributed by atoms with Gasteiger partial charge in [-0.1, -0.05) is 19.8 Å². The number of rotatable bonds is 5. The van der Waals surface area contributed by atoms with E-state index in [2.05, 4.69) is 6.92 Å². The summed E-state index contributed by atoms with van der Waals surface area (Å²) in [6.45, 7) is 3.37. The van der Waals surface area contributed by atoms with Crippen molar-refractivity contribution >= 4 is 21.6 Å². The van der Waals surface area contributed by atoms with Crippen LogP contribution in [0.2, 0.25) is 0 Å². The minimum Gasteiger partial charge on any atom is -0.292 e. The fraction of sp³-hybridized carbons (Fsp3) is 0.600. The van der Waals surface area contributed by atoms with Crippen LogP contribution in [0.15, 0.2) is 21.0 Å². The van der Waals surface area contributed by atoms with Gasteiger partial charge in [0.1, 0.15) is 4.70 Å². The number of fused-ring (bicyclic) bond motifs is 1. The highest BCUT2D eigenvalue weighted by atomic mass is 32.1. The maximum absolute atomic E-state index is 12.6. The first-order valence-corrected chi connectivity index (χ1v) is 8.31. The summed E-state index contributed by atoms with van der Waals surface area (Å²) in [5.41, 5.74) is 0.587. The van der Waals surface area contributed by atoms with Gasteiger partial charge in [-0.2, -0.15) is 0 Å². The summed E-state index contributed by atoms with van der Waals surface area (Å²) < 4.78 is 3.98. The lowest BCUT2D eigenvalue weighted by atomic mass is 9.85. The van der Waals surface area contributed by atoms with E-state index in [1.807, 2.05) is 16.0 Å². The maximum Gasteiger partial charge on any atom is 0.331 e. The van der Waals surface area contributed by atoms with Crippen molar-refractivity contribution in [1.29, 1.82) is 0 Å². The number of unbranched alkanes of at least 4 members (excludes halogenated alkanes) is 1. The molecule has 0 amide bonds. The average Bonchev–Trinajstić information content (AvgIpc) is 2.86. The van der Waals surface area contributed by atoms with E-state index in [1.54, 1.807) is 0 Å². The molecule has 20 heavy (non-hydrogen) atoms. The summed E-state index contributed by atoms with van der Waals surface area (Å²) in [5, 5.41) is 1.91. The molecule has 2 heterocycles. The molecule has 0 N–H and O–H groups in total. The van der Waals surface area contributed by atoms with E-state index in [9.17, 15) is 9.59 Å². The van der Waals surface area contributed by atoms with Gasteiger partial charge in [0.2, 0.25) is 0 Å². The molecule has 0 aliphatic heterocycles. The molecule has 0 atom stereocenters. The fourth-order valence-corrected chi connectivity index (χ4v) is 3.60. The van der Waals surface area contributed by atoms with Crippen molar-refractivity contribution in [3.05, 3.63) is 32.3 Å².